The summed E-state index contributed by atoms with van der Waals surface area (Å²) in [4.78, 5) is 45.0. The van der Waals surface area contributed by atoms with E-state index in [-0.39, 0.29) is 25.3 Å². The van der Waals surface area contributed by atoms with Crippen molar-refractivity contribution >= 4 is 45.0 Å². The SMILES string of the molecule is COC(=O)Nc1cccc(-c2ccc([C@@]3(CC(=O)NOC4CCCCO4)CCN(C(=O)OC)CCS3(=O)=O)s2)c1. The summed E-state index contributed by atoms with van der Waals surface area (Å²) in [7, 11) is -1.44. The first-order valence-electron chi connectivity index (χ1n) is 12.8. The predicted molar refractivity (Wildman–Crippen MR) is 147 cm³/mol. The summed E-state index contributed by atoms with van der Waals surface area (Å²) in [6.45, 7) is 0.554. The molecule has 1 aromatic carbocycles. The van der Waals surface area contributed by atoms with Crippen LogP contribution in [-0.2, 0) is 38.4 Å². The van der Waals surface area contributed by atoms with Crippen LogP contribution in [0.5, 0.6) is 0 Å². The molecular weight excluding hydrogens is 562 g/mol. The number of rotatable bonds is 7. The number of hydrogen-bond acceptors (Lipinski definition) is 10. The molecule has 4 rings (SSSR count). The summed E-state index contributed by atoms with van der Waals surface area (Å²) in [6.07, 6.45) is 0.182. The number of anilines is 1. The Balaban J connectivity index is 1.65. The number of methoxy groups -OCH3 is 2. The number of benzene rings is 1. The molecule has 2 fully saturated rings. The Morgan fingerprint density at radius 3 is 2.67 bits per heavy atom. The Bertz CT molecular complexity index is 1320. The van der Waals surface area contributed by atoms with E-state index in [1.807, 2.05) is 6.07 Å². The van der Waals surface area contributed by atoms with Gasteiger partial charge in [-0.2, -0.15) is 0 Å². The summed E-state index contributed by atoms with van der Waals surface area (Å²) in [6, 6.07) is 10.5. The van der Waals surface area contributed by atoms with Gasteiger partial charge in [-0.25, -0.2) is 28.3 Å². The maximum atomic E-state index is 13.9. The molecule has 12 nitrogen and oxygen atoms in total. The number of carbonyl (C=O) groups is 3. The zero-order valence-corrected chi connectivity index (χ0v) is 24.0. The molecule has 1 unspecified atom stereocenters. The lowest BCUT2D eigenvalue weighted by atomic mass is 9.97. The second-order valence-corrected chi connectivity index (χ2v) is 13.0. The van der Waals surface area contributed by atoms with E-state index in [2.05, 4.69) is 15.5 Å². The molecular formula is C26H33N3O9S2. The van der Waals surface area contributed by atoms with Crippen molar-refractivity contribution in [3.8, 4) is 10.4 Å². The van der Waals surface area contributed by atoms with Crippen LogP contribution in [0.15, 0.2) is 36.4 Å². The zero-order valence-electron chi connectivity index (χ0n) is 22.3. The van der Waals surface area contributed by atoms with Gasteiger partial charge in [-0.3, -0.25) is 10.1 Å². The monoisotopic (exact) mass is 595 g/mol. The summed E-state index contributed by atoms with van der Waals surface area (Å²) < 4.78 is 41.2. The first-order chi connectivity index (χ1) is 19.2. The van der Waals surface area contributed by atoms with Gasteiger partial charge in [0.25, 0.3) is 0 Å². The molecule has 2 N–H and O–H groups in total. The van der Waals surface area contributed by atoms with Gasteiger partial charge in [-0.15, -0.1) is 11.3 Å². The van der Waals surface area contributed by atoms with Crippen LogP contribution in [0, 0.1) is 0 Å². The highest BCUT2D eigenvalue weighted by Crippen LogP contribution is 2.45. The fourth-order valence-electron chi connectivity index (χ4n) is 4.77. The molecule has 1 aromatic heterocycles. The third-order valence-corrected chi connectivity index (χ3v) is 10.9. The van der Waals surface area contributed by atoms with Crippen molar-refractivity contribution in [1.29, 1.82) is 0 Å². The first-order valence-corrected chi connectivity index (χ1v) is 15.3. The van der Waals surface area contributed by atoms with Crippen molar-refractivity contribution in [2.75, 3.05) is 45.0 Å². The van der Waals surface area contributed by atoms with Gasteiger partial charge in [0.1, 0.15) is 4.75 Å². The lowest BCUT2D eigenvalue weighted by Gasteiger charge is -2.31. The van der Waals surface area contributed by atoms with Crippen LogP contribution in [0.2, 0.25) is 0 Å². The minimum atomic E-state index is -3.94. The molecule has 40 heavy (non-hydrogen) atoms. The first kappa shape index (κ1) is 29.8. The highest BCUT2D eigenvalue weighted by molar-refractivity contribution is 7.92. The number of nitrogens with one attached hydrogen (secondary N) is 2. The maximum Gasteiger partial charge on any atom is 0.411 e. The van der Waals surface area contributed by atoms with Crippen molar-refractivity contribution in [3.05, 3.63) is 41.3 Å². The summed E-state index contributed by atoms with van der Waals surface area (Å²) in [5.74, 6) is -0.947. The zero-order chi connectivity index (χ0) is 28.8. The molecule has 3 amide bonds. The Morgan fingerprint density at radius 2 is 1.95 bits per heavy atom. The second-order valence-electron chi connectivity index (χ2n) is 9.50. The van der Waals surface area contributed by atoms with Crippen molar-refractivity contribution in [2.45, 2.75) is 43.1 Å². The van der Waals surface area contributed by atoms with E-state index < -0.39 is 45.4 Å². The van der Waals surface area contributed by atoms with Crippen LogP contribution in [0.4, 0.5) is 15.3 Å². The molecule has 0 spiro atoms. The van der Waals surface area contributed by atoms with Crippen LogP contribution in [0.3, 0.4) is 0 Å². The van der Waals surface area contributed by atoms with Crippen LogP contribution in [0.25, 0.3) is 10.4 Å². The van der Waals surface area contributed by atoms with Crippen LogP contribution in [0.1, 0.15) is 37.0 Å². The summed E-state index contributed by atoms with van der Waals surface area (Å²) >= 11 is 1.24. The van der Waals surface area contributed by atoms with Crippen molar-refractivity contribution in [2.24, 2.45) is 0 Å². The number of amides is 3. The molecule has 2 aliphatic rings. The fraction of sp³-hybridized carbons (Fsp3) is 0.500. The normalized spacial score (nSPS) is 22.6. The van der Waals surface area contributed by atoms with Gasteiger partial charge in [0.2, 0.25) is 5.91 Å². The Hall–Kier alpha value is -3.20. The van der Waals surface area contributed by atoms with E-state index in [0.29, 0.717) is 23.6 Å². The van der Waals surface area contributed by atoms with Gasteiger partial charge >= 0.3 is 12.2 Å². The number of ether oxygens (including phenoxy) is 3. The van der Waals surface area contributed by atoms with Crippen molar-refractivity contribution in [3.63, 3.8) is 0 Å². The number of sulfone groups is 1. The molecule has 0 saturated carbocycles. The smallest absolute Gasteiger partial charge is 0.411 e. The third kappa shape index (κ3) is 6.74. The van der Waals surface area contributed by atoms with Gasteiger partial charge in [0, 0.05) is 41.6 Å². The van der Waals surface area contributed by atoms with E-state index in [0.717, 1.165) is 23.3 Å². The fourth-order valence-corrected chi connectivity index (χ4v) is 8.37. The standard InChI is InChI=1S/C26H33N3O9S2/c1-35-24(31)27-19-7-5-6-18(16-19)20-9-10-21(39-20)26(17-22(30)28-38-23-8-3-4-14-37-23)11-12-29(25(32)36-2)13-15-40(26,33)34/h5-7,9-10,16,23H,3-4,8,11-15,17H2,1-2H3,(H,27,31)(H,28,30)/t23?,26-/m0/s1. The molecule has 0 radical (unpaired) electrons. The molecule has 0 aliphatic carbocycles. The number of carbonyl (C=O) groups excluding carboxylic acids is 3. The van der Waals surface area contributed by atoms with Crippen molar-refractivity contribution < 1.29 is 41.8 Å². The number of hydrogen-bond donors (Lipinski definition) is 2. The highest BCUT2D eigenvalue weighted by atomic mass is 32.2. The van der Waals surface area contributed by atoms with Gasteiger partial charge in [-0.1, -0.05) is 12.1 Å². The van der Waals surface area contributed by atoms with E-state index in [1.165, 1.54) is 30.5 Å². The second kappa shape index (κ2) is 13.0. The predicted octanol–water partition coefficient (Wildman–Crippen LogP) is 3.64. The molecule has 0 bridgehead atoms. The largest absolute Gasteiger partial charge is 0.453 e. The van der Waals surface area contributed by atoms with Gasteiger partial charge in [0.15, 0.2) is 16.1 Å². The van der Waals surface area contributed by atoms with E-state index in [4.69, 9.17) is 14.3 Å². The van der Waals surface area contributed by atoms with Gasteiger partial charge in [0.05, 0.1) is 26.4 Å². The summed E-state index contributed by atoms with van der Waals surface area (Å²) in [5, 5.41) is 2.61. The quantitative estimate of drug-likeness (QED) is 0.458. The molecule has 2 aromatic rings. The van der Waals surface area contributed by atoms with Gasteiger partial charge in [-0.05, 0) is 49.1 Å². The minimum absolute atomic E-state index is 0.0122. The highest BCUT2D eigenvalue weighted by Gasteiger charge is 2.50. The summed E-state index contributed by atoms with van der Waals surface area (Å²) in [5.41, 5.74) is 3.63. The Kier molecular flexibility index (Phi) is 9.66. The maximum absolute atomic E-state index is 13.9. The van der Waals surface area contributed by atoms with Crippen molar-refractivity contribution in [1.82, 2.24) is 10.4 Å². The molecule has 218 valence electrons. The molecule has 2 aliphatic heterocycles. The van der Waals surface area contributed by atoms with Crippen LogP contribution < -0.4 is 10.8 Å². The van der Waals surface area contributed by atoms with Crippen LogP contribution in [-0.4, -0.2) is 77.4 Å². The van der Waals surface area contributed by atoms with E-state index in [1.54, 1.807) is 30.3 Å². The molecule has 2 atom stereocenters. The molecule has 14 heteroatoms. The minimum Gasteiger partial charge on any atom is -0.453 e. The third-order valence-electron chi connectivity index (χ3n) is 6.97. The molecule has 3 heterocycles. The lowest BCUT2D eigenvalue weighted by Crippen LogP contribution is -2.43. The number of hydroxylamine groups is 1. The lowest BCUT2D eigenvalue weighted by molar-refractivity contribution is -0.200. The average molecular weight is 596 g/mol. The number of nitrogens with zero attached hydrogens (tertiary/aromatic N) is 1. The van der Waals surface area contributed by atoms with E-state index in [9.17, 15) is 22.8 Å². The molecule has 2 saturated heterocycles. The Morgan fingerprint density at radius 1 is 1.12 bits per heavy atom. The van der Waals surface area contributed by atoms with Gasteiger partial charge < -0.3 is 19.1 Å². The average Bonchev–Trinajstić information content (AvgIpc) is 3.41. The topological polar surface area (TPSA) is 150 Å². The number of thiophene rings is 1. The van der Waals surface area contributed by atoms with E-state index >= 15 is 0 Å². The Labute approximate surface area is 236 Å². The van der Waals surface area contributed by atoms with Crippen LogP contribution >= 0.6 is 11.3 Å².